The molecule has 0 amide bonds. The maximum atomic E-state index is 9.26. The topological polar surface area (TPSA) is 80.9 Å². The van der Waals surface area contributed by atoms with E-state index in [1.807, 2.05) is 0 Å². The molecule has 170 valence electrons. The maximum absolute atomic E-state index is 9.26. The Balaban J connectivity index is 3.01. The van der Waals surface area contributed by atoms with Crippen molar-refractivity contribution in [3.8, 4) is 0 Å². The predicted molar refractivity (Wildman–Crippen MR) is 118 cm³/mol. The molecular weight excluding hydrogens is 352 g/mol. The normalized spacial score (nSPS) is 12.8. The van der Waals surface area contributed by atoms with E-state index in [9.17, 15) is 5.11 Å². The molecule has 1 atom stereocenters. The molecule has 0 aromatic rings. The van der Waals surface area contributed by atoms with Crippen LogP contribution in [0, 0.1) is 0 Å². The highest BCUT2D eigenvalue weighted by molar-refractivity contribution is 4.54. The molecule has 0 aliphatic heterocycles. The Labute approximate surface area is 174 Å². The van der Waals surface area contributed by atoms with Gasteiger partial charge in [-0.05, 0) is 19.3 Å². The monoisotopic (exact) mass is 402 g/mol. The van der Waals surface area contributed by atoms with E-state index < -0.39 is 12.4 Å². The van der Waals surface area contributed by atoms with Crippen LogP contribution in [0.15, 0.2) is 0 Å². The molecule has 1 unspecified atom stereocenters. The average molecular weight is 403 g/mol. The molecule has 0 aliphatic carbocycles. The Morgan fingerprint density at radius 1 is 0.357 bits per heavy atom. The molecule has 0 fully saturated rings. The molecule has 0 heterocycles. The first kappa shape index (κ1) is 27.8. The summed E-state index contributed by atoms with van der Waals surface area (Å²) in [6.45, 7) is -0.0974. The third kappa shape index (κ3) is 23.9. The maximum Gasteiger partial charge on any atom is 0.151 e. The second-order valence-electron chi connectivity index (χ2n) is 8.61. The van der Waals surface area contributed by atoms with Crippen molar-refractivity contribution in [2.75, 3.05) is 6.61 Å². The van der Waals surface area contributed by atoms with Crippen LogP contribution in [-0.2, 0) is 0 Å². The van der Waals surface area contributed by atoms with Gasteiger partial charge in [0.15, 0.2) is 6.29 Å². The van der Waals surface area contributed by atoms with E-state index in [0.717, 1.165) is 25.7 Å². The van der Waals surface area contributed by atoms with Crippen LogP contribution in [0.1, 0.15) is 135 Å². The standard InChI is InChI=1S/C24H50O4/c25-22-23(26)20-18-16-14-12-10-8-6-4-2-1-3-5-7-9-11-13-15-17-19-21-24(27)28/h23-28H,1-22H2. The summed E-state index contributed by atoms with van der Waals surface area (Å²) in [6.07, 6.45) is 24.2. The van der Waals surface area contributed by atoms with Crippen molar-refractivity contribution in [2.45, 2.75) is 147 Å². The zero-order valence-corrected chi connectivity index (χ0v) is 18.5. The molecule has 0 spiro atoms. The first-order chi connectivity index (χ1) is 13.7. The summed E-state index contributed by atoms with van der Waals surface area (Å²) in [6, 6.07) is 0. The van der Waals surface area contributed by atoms with Crippen LogP contribution in [0.4, 0.5) is 0 Å². The van der Waals surface area contributed by atoms with Crippen molar-refractivity contribution in [2.24, 2.45) is 0 Å². The van der Waals surface area contributed by atoms with Gasteiger partial charge in [-0.3, -0.25) is 0 Å². The van der Waals surface area contributed by atoms with Crippen molar-refractivity contribution < 1.29 is 20.4 Å². The molecule has 28 heavy (non-hydrogen) atoms. The zero-order valence-electron chi connectivity index (χ0n) is 18.5. The van der Waals surface area contributed by atoms with Gasteiger partial charge in [0.1, 0.15) is 0 Å². The molecule has 0 aliphatic rings. The summed E-state index contributed by atoms with van der Waals surface area (Å²) in [5.41, 5.74) is 0. The van der Waals surface area contributed by atoms with Crippen molar-refractivity contribution in [1.82, 2.24) is 0 Å². The minimum Gasteiger partial charge on any atom is -0.394 e. The van der Waals surface area contributed by atoms with Gasteiger partial charge in [0.05, 0.1) is 12.7 Å². The van der Waals surface area contributed by atoms with E-state index in [1.165, 1.54) is 103 Å². The van der Waals surface area contributed by atoms with Crippen molar-refractivity contribution in [3.05, 3.63) is 0 Å². The van der Waals surface area contributed by atoms with Crippen molar-refractivity contribution in [3.63, 3.8) is 0 Å². The molecule has 4 nitrogen and oxygen atoms in total. The molecule has 0 bridgehead atoms. The summed E-state index contributed by atoms with van der Waals surface area (Å²) >= 11 is 0. The molecule has 4 heteroatoms. The number of hydrogen-bond donors (Lipinski definition) is 4. The summed E-state index contributed by atoms with van der Waals surface area (Å²) in [7, 11) is 0. The highest BCUT2D eigenvalue weighted by Gasteiger charge is 2.01. The van der Waals surface area contributed by atoms with Gasteiger partial charge in [-0.1, -0.05) is 116 Å². The van der Waals surface area contributed by atoms with Crippen molar-refractivity contribution >= 4 is 0 Å². The highest BCUT2D eigenvalue weighted by Crippen LogP contribution is 2.15. The number of aliphatic hydroxyl groups is 4. The lowest BCUT2D eigenvalue weighted by atomic mass is 10.0. The Bertz CT molecular complexity index is 284. The molecule has 0 rings (SSSR count). The van der Waals surface area contributed by atoms with Gasteiger partial charge >= 0.3 is 0 Å². The van der Waals surface area contributed by atoms with Crippen molar-refractivity contribution in [1.29, 1.82) is 0 Å². The quantitative estimate of drug-likeness (QED) is 0.128. The molecular formula is C24H50O4. The Hall–Kier alpha value is -0.160. The van der Waals surface area contributed by atoms with Gasteiger partial charge in [-0.25, -0.2) is 0 Å². The van der Waals surface area contributed by atoms with Crippen LogP contribution >= 0.6 is 0 Å². The minimum atomic E-state index is -1.12. The van der Waals surface area contributed by atoms with Crippen LogP contribution in [-0.4, -0.2) is 39.4 Å². The fourth-order valence-corrected chi connectivity index (χ4v) is 3.80. The second kappa shape index (κ2) is 23.1. The van der Waals surface area contributed by atoms with Crippen LogP contribution in [0.5, 0.6) is 0 Å². The summed E-state index contributed by atoms with van der Waals surface area (Å²) < 4.78 is 0. The van der Waals surface area contributed by atoms with E-state index in [4.69, 9.17) is 15.3 Å². The molecule has 0 saturated carbocycles. The summed E-state index contributed by atoms with van der Waals surface area (Å²) in [5.74, 6) is 0. The zero-order chi connectivity index (χ0) is 20.7. The summed E-state index contributed by atoms with van der Waals surface area (Å²) in [5, 5.41) is 35.5. The lowest BCUT2D eigenvalue weighted by Crippen LogP contribution is -2.10. The molecule has 0 aromatic carbocycles. The SMILES string of the molecule is OCC(O)CCCCCCCCCCCCCCCCCCCCCC(O)O. The fraction of sp³-hybridized carbons (Fsp3) is 1.00. The van der Waals surface area contributed by atoms with Crippen LogP contribution < -0.4 is 0 Å². The lowest BCUT2D eigenvalue weighted by molar-refractivity contribution is -0.0466. The minimum absolute atomic E-state index is 0.0974. The number of unbranched alkanes of at least 4 members (excludes halogenated alkanes) is 18. The molecule has 0 radical (unpaired) electrons. The van der Waals surface area contributed by atoms with E-state index >= 15 is 0 Å². The lowest BCUT2D eigenvalue weighted by Gasteiger charge is -2.06. The van der Waals surface area contributed by atoms with Crippen LogP contribution in [0.25, 0.3) is 0 Å². The van der Waals surface area contributed by atoms with E-state index in [0.29, 0.717) is 6.42 Å². The van der Waals surface area contributed by atoms with Gasteiger partial charge in [-0.2, -0.15) is 0 Å². The van der Waals surface area contributed by atoms with Gasteiger partial charge < -0.3 is 20.4 Å². The highest BCUT2D eigenvalue weighted by atomic mass is 16.5. The third-order valence-corrected chi connectivity index (χ3v) is 5.71. The Morgan fingerprint density at radius 3 is 0.857 bits per heavy atom. The largest absolute Gasteiger partial charge is 0.394 e. The first-order valence-electron chi connectivity index (χ1n) is 12.3. The second-order valence-corrected chi connectivity index (χ2v) is 8.61. The van der Waals surface area contributed by atoms with Gasteiger partial charge in [0.2, 0.25) is 0 Å². The van der Waals surface area contributed by atoms with E-state index in [1.54, 1.807) is 0 Å². The average Bonchev–Trinajstić information content (AvgIpc) is 2.68. The third-order valence-electron chi connectivity index (χ3n) is 5.71. The summed E-state index contributed by atoms with van der Waals surface area (Å²) in [4.78, 5) is 0. The van der Waals surface area contributed by atoms with Crippen LogP contribution in [0.2, 0.25) is 0 Å². The Morgan fingerprint density at radius 2 is 0.607 bits per heavy atom. The van der Waals surface area contributed by atoms with Gasteiger partial charge in [0.25, 0.3) is 0 Å². The molecule has 0 aromatic heterocycles. The Kier molecular flexibility index (Phi) is 23.0. The van der Waals surface area contributed by atoms with E-state index in [2.05, 4.69) is 0 Å². The van der Waals surface area contributed by atoms with Gasteiger partial charge in [0, 0.05) is 0 Å². The van der Waals surface area contributed by atoms with E-state index in [-0.39, 0.29) is 6.61 Å². The molecule has 4 N–H and O–H groups in total. The first-order valence-corrected chi connectivity index (χ1v) is 12.3. The number of rotatable bonds is 23. The predicted octanol–water partition coefficient (Wildman–Crippen LogP) is 5.84. The number of aliphatic hydroxyl groups excluding tert-OH is 3. The fourth-order valence-electron chi connectivity index (χ4n) is 3.80. The smallest absolute Gasteiger partial charge is 0.151 e. The van der Waals surface area contributed by atoms with Crippen LogP contribution in [0.3, 0.4) is 0 Å². The number of hydrogen-bond acceptors (Lipinski definition) is 4. The van der Waals surface area contributed by atoms with Gasteiger partial charge in [-0.15, -0.1) is 0 Å². The molecule has 0 saturated heterocycles.